The van der Waals surface area contributed by atoms with Gasteiger partial charge in [-0.05, 0) is 48.0 Å². The van der Waals surface area contributed by atoms with Gasteiger partial charge in [-0.3, -0.25) is 9.97 Å². The average Bonchev–Trinajstić information content (AvgIpc) is 3.44. The molecule has 0 atom stereocenters. The van der Waals surface area contributed by atoms with Crippen molar-refractivity contribution in [3.05, 3.63) is 85.5 Å². The molecule has 6 rings (SSSR count). The van der Waals surface area contributed by atoms with Crippen LogP contribution in [0.5, 0.6) is 0 Å². The topological polar surface area (TPSA) is 83.1 Å². The molecule has 0 spiro atoms. The monoisotopic (exact) mass is 388 g/mol. The number of hydrogen-bond acceptors (Lipinski definition) is 4. The Morgan fingerprint density at radius 3 is 1.97 bits per heavy atom. The molecule has 0 saturated carbocycles. The van der Waals surface area contributed by atoms with Gasteiger partial charge in [-0.15, -0.1) is 0 Å². The Morgan fingerprint density at radius 1 is 0.567 bits per heavy atom. The van der Waals surface area contributed by atoms with Crippen molar-refractivity contribution in [3.8, 4) is 33.9 Å². The minimum Gasteiger partial charge on any atom is -0.338 e. The van der Waals surface area contributed by atoms with Crippen molar-refractivity contribution in [2.75, 3.05) is 0 Å². The SMILES string of the molecule is c1cc(-c2ccc3nc(-c4ccncc4)[nH]c3c2)c2nc(-c3ccncc3)[nH]c2c1. The summed E-state index contributed by atoms with van der Waals surface area (Å²) in [6.45, 7) is 0. The summed E-state index contributed by atoms with van der Waals surface area (Å²) < 4.78 is 0. The number of rotatable bonds is 3. The summed E-state index contributed by atoms with van der Waals surface area (Å²) in [6, 6.07) is 20.3. The summed E-state index contributed by atoms with van der Waals surface area (Å²) in [7, 11) is 0. The average molecular weight is 388 g/mol. The second-order valence-electron chi connectivity index (χ2n) is 7.08. The summed E-state index contributed by atoms with van der Waals surface area (Å²) in [4.78, 5) is 24.6. The maximum atomic E-state index is 4.88. The van der Waals surface area contributed by atoms with Crippen LogP contribution in [0.3, 0.4) is 0 Å². The van der Waals surface area contributed by atoms with E-state index >= 15 is 0 Å². The summed E-state index contributed by atoms with van der Waals surface area (Å²) in [5.74, 6) is 1.67. The lowest BCUT2D eigenvalue weighted by Gasteiger charge is -2.02. The van der Waals surface area contributed by atoms with Gasteiger partial charge in [0.15, 0.2) is 0 Å². The molecular weight excluding hydrogens is 372 g/mol. The van der Waals surface area contributed by atoms with Crippen molar-refractivity contribution >= 4 is 22.1 Å². The molecule has 2 N–H and O–H groups in total. The molecule has 0 radical (unpaired) electrons. The lowest BCUT2D eigenvalue weighted by molar-refractivity contribution is 1.28. The lowest BCUT2D eigenvalue weighted by Crippen LogP contribution is -1.82. The quantitative estimate of drug-likeness (QED) is 0.435. The Morgan fingerprint density at radius 2 is 1.23 bits per heavy atom. The van der Waals surface area contributed by atoms with Crippen molar-refractivity contribution < 1.29 is 0 Å². The van der Waals surface area contributed by atoms with Crippen LogP contribution in [0.25, 0.3) is 56.0 Å². The smallest absolute Gasteiger partial charge is 0.138 e. The van der Waals surface area contributed by atoms with E-state index in [4.69, 9.17) is 9.97 Å². The largest absolute Gasteiger partial charge is 0.338 e. The Balaban J connectivity index is 1.47. The molecule has 4 aromatic heterocycles. The highest BCUT2D eigenvalue weighted by Crippen LogP contribution is 2.31. The van der Waals surface area contributed by atoms with Crippen molar-refractivity contribution in [3.63, 3.8) is 0 Å². The highest BCUT2D eigenvalue weighted by molar-refractivity contribution is 5.96. The van der Waals surface area contributed by atoms with Crippen LogP contribution in [0, 0.1) is 0 Å². The van der Waals surface area contributed by atoms with E-state index in [0.717, 1.165) is 56.0 Å². The maximum Gasteiger partial charge on any atom is 0.138 e. The number of para-hydroxylation sites is 1. The number of nitrogens with one attached hydrogen (secondary N) is 2. The molecule has 6 aromatic rings. The number of H-pyrrole nitrogens is 2. The molecule has 0 amide bonds. The first-order valence-electron chi connectivity index (χ1n) is 9.65. The molecule has 142 valence electrons. The third-order valence-corrected chi connectivity index (χ3v) is 5.21. The first-order chi connectivity index (χ1) is 14.8. The van der Waals surface area contributed by atoms with Crippen LogP contribution in [0.4, 0.5) is 0 Å². The van der Waals surface area contributed by atoms with Crippen LogP contribution in [0.2, 0.25) is 0 Å². The predicted octanol–water partition coefficient (Wildman–Crippen LogP) is 5.23. The normalized spacial score (nSPS) is 11.3. The van der Waals surface area contributed by atoms with Crippen LogP contribution in [-0.2, 0) is 0 Å². The number of fused-ring (bicyclic) bond motifs is 2. The van der Waals surface area contributed by atoms with Gasteiger partial charge >= 0.3 is 0 Å². The highest BCUT2D eigenvalue weighted by Gasteiger charge is 2.12. The van der Waals surface area contributed by atoms with E-state index < -0.39 is 0 Å². The molecule has 6 nitrogen and oxygen atoms in total. The van der Waals surface area contributed by atoms with Gasteiger partial charge in [0.25, 0.3) is 0 Å². The van der Waals surface area contributed by atoms with Crippen LogP contribution in [-0.4, -0.2) is 29.9 Å². The van der Waals surface area contributed by atoms with Gasteiger partial charge in [0.1, 0.15) is 11.6 Å². The first-order valence-corrected chi connectivity index (χ1v) is 9.65. The zero-order chi connectivity index (χ0) is 19.9. The molecule has 0 aliphatic rings. The standard InChI is InChI=1S/C24H16N6/c1-2-18(22-20(3-1)28-24(30-22)16-8-12-26-13-9-16)17-4-5-19-21(14-17)29-23(27-19)15-6-10-25-11-7-15/h1-14H,(H,27,29)(H,28,30). The van der Waals surface area contributed by atoms with E-state index in [0.29, 0.717) is 0 Å². The molecule has 6 heteroatoms. The zero-order valence-corrected chi connectivity index (χ0v) is 15.9. The summed E-state index contributed by atoms with van der Waals surface area (Å²) in [6.07, 6.45) is 7.09. The second kappa shape index (κ2) is 6.63. The van der Waals surface area contributed by atoms with Gasteiger partial charge in [0.2, 0.25) is 0 Å². The fourth-order valence-corrected chi connectivity index (χ4v) is 3.74. The van der Waals surface area contributed by atoms with Crippen LogP contribution < -0.4 is 0 Å². The molecule has 0 saturated heterocycles. The minimum atomic E-state index is 0.836. The number of imidazole rings is 2. The molecule has 2 aromatic carbocycles. The lowest BCUT2D eigenvalue weighted by atomic mass is 10.0. The number of hydrogen-bond donors (Lipinski definition) is 2. The summed E-state index contributed by atoms with van der Waals surface area (Å²) in [5.41, 5.74) is 8.05. The fraction of sp³-hybridized carbons (Fsp3) is 0. The maximum absolute atomic E-state index is 4.88. The number of nitrogens with zero attached hydrogens (tertiary/aromatic N) is 4. The molecule has 30 heavy (non-hydrogen) atoms. The predicted molar refractivity (Wildman–Crippen MR) is 118 cm³/mol. The Hall–Kier alpha value is -4.32. The fourth-order valence-electron chi connectivity index (χ4n) is 3.74. The minimum absolute atomic E-state index is 0.836. The highest BCUT2D eigenvalue weighted by atomic mass is 14.9. The number of aromatic nitrogens is 6. The number of pyridine rings is 2. The van der Waals surface area contributed by atoms with Gasteiger partial charge in [0, 0.05) is 41.5 Å². The first kappa shape index (κ1) is 16.6. The molecule has 0 aliphatic heterocycles. The van der Waals surface area contributed by atoms with Crippen LogP contribution in [0.15, 0.2) is 85.5 Å². The Labute approximate surface area is 171 Å². The van der Waals surface area contributed by atoms with Gasteiger partial charge < -0.3 is 9.97 Å². The third kappa shape index (κ3) is 2.74. The van der Waals surface area contributed by atoms with Crippen molar-refractivity contribution in [1.29, 1.82) is 0 Å². The van der Waals surface area contributed by atoms with Crippen molar-refractivity contribution in [1.82, 2.24) is 29.9 Å². The van der Waals surface area contributed by atoms with Gasteiger partial charge in [0.05, 0.1) is 22.1 Å². The molecule has 0 unspecified atom stereocenters. The summed E-state index contributed by atoms with van der Waals surface area (Å²) >= 11 is 0. The van der Waals surface area contributed by atoms with Gasteiger partial charge in [-0.2, -0.15) is 0 Å². The van der Waals surface area contributed by atoms with Crippen LogP contribution >= 0.6 is 0 Å². The van der Waals surface area contributed by atoms with E-state index in [2.05, 4.69) is 38.1 Å². The zero-order valence-electron chi connectivity index (χ0n) is 15.9. The Kier molecular flexibility index (Phi) is 3.67. The van der Waals surface area contributed by atoms with E-state index in [9.17, 15) is 0 Å². The summed E-state index contributed by atoms with van der Waals surface area (Å²) in [5, 5.41) is 0. The van der Waals surface area contributed by atoms with E-state index in [1.165, 1.54) is 0 Å². The van der Waals surface area contributed by atoms with E-state index in [1.807, 2.05) is 42.5 Å². The molecule has 4 heterocycles. The number of aromatic amines is 2. The number of benzene rings is 2. The van der Waals surface area contributed by atoms with Gasteiger partial charge in [-0.1, -0.05) is 18.2 Å². The molecule has 0 fully saturated rings. The van der Waals surface area contributed by atoms with Crippen molar-refractivity contribution in [2.24, 2.45) is 0 Å². The van der Waals surface area contributed by atoms with Gasteiger partial charge in [-0.25, -0.2) is 9.97 Å². The Bertz CT molecular complexity index is 1480. The molecule has 0 bridgehead atoms. The van der Waals surface area contributed by atoms with Crippen LogP contribution in [0.1, 0.15) is 0 Å². The molecular formula is C24H16N6. The van der Waals surface area contributed by atoms with E-state index in [1.54, 1.807) is 24.8 Å². The second-order valence-corrected chi connectivity index (χ2v) is 7.08. The molecule has 0 aliphatic carbocycles. The van der Waals surface area contributed by atoms with E-state index in [-0.39, 0.29) is 0 Å². The third-order valence-electron chi connectivity index (χ3n) is 5.21. The van der Waals surface area contributed by atoms with Crippen molar-refractivity contribution in [2.45, 2.75) is 0 Å².